The van der Waals surface area contributed by atoms with Gasteiger partial charge in [-0.25, -0.2) is 0 Å². The van der Waals surface area contributed by atoms with Crippen LogP contribution in [0.25, 0.3) is 0 Å². The van der Waals surface area contributed by atoms with Crippen LogP contribution in [0.5, 0.6) is 0 Å². The van der Waals surface area contributed by atoms with Crippen LogP contribution in [0.3, 0.4) is 0 Å². The fourth-order valence-electron chi connectivity index (χ4n) is 3.37. The van der Waals surface area contributed by atoms with Crippen LogP contribution in [0.15, 0.2) is 4.47 Å². The molecule has 1 unspecified atom stereocenters. The average Bonchev–Trinajstić information content (AvgIpc) is 3.04. The molecule has 1 atom stereocenters. The number of likely N-dealkylation sites (tertiary alicyclic amines) is 1. The molecule has 1 aliphatic rings. The van der Waals surface area contributed by atoms with Gasteiger partial charge in [0.1, 0.15) is 0 Å². The van der Waals surface area contributed by atoms with E-state index in [9.17, 15) is 0 Å². The fourth-order valence-corrected chi connectivity index (χ4v) is 4.06. The number of rotatable bonds is 7. The summed E-state index contributed by atoms with van der Waals surface area (Å²) in [5, 5.41) is 4.70. The molecule has 21 heavy (non-hydrogen) atoms. The summed E-state index contributed by atoms with van der Waals surface area (Å²) in [5.74, 6) is 0. The molecular weight excluding hydrogens is 328 g/mol. The molecule has 1 aromatic heterocycles. The Morgan fingerprint density at radius 1 is 1.29 bits per heavy atom. The minimum absolute atomic E-state index is 0.724. The summed E-state index contributed by atoms with van der Waals surface area (Å²) in [4.78, 5) is 5.06. The predicted molar refractivity (Wildman–Crippen MR) is 91.6 cm³/mol. The molecule has 2 rings (SSSR count). The summed E-state index contributed by atoms with van der Waals surface area (Å²) in [6.07, 6.45) is 3.67. The number of hydrogen-bond donors (Lipinski definition) is 0. The molecule has 1 saturated heterocycles. The molecule has 4 nitrogen and oxygen atoms in total. The largest absolute Gasteiger partial charge is 0.299 e. The highest BCUT2D eigenvalue weighted by molar-refractivity contribution is 9.10. The normalized spacial score (nSPS) is 19.8. The second kappa shape index (κ2) is 7.75. The van der Waals surface area contributed by atoms with E-state index in [0.29, 0.717) is 0 Å². The highest BCUT2D eigenvalue weighted by Crippen LogP contribution is 2.24. The van der Waals surface area contributed by atoms with Crippen LogP contribution in [0.2, 0.25) is 0 Å². The van der Waals surface area contributed by atoms with E-state index in [1.165, 1.54) is 41.8 Å². The second-order valence-electron chi connectivity index (χ2n) is 6.00. The van der Waals surface area contributed by atoms with Crippen molar-refractivity contribution in [3.05, 3.63) is 15.9 Å². The lowest BCUT2D eigenvalue weighted by atomic mass is 10.2. The maximum atomic E-state index is 4.70. The number of likely N-dealkylation sites (N-methyl/N-ethyl adjacent to an activating group) is 2. The number of aryl methyl sites for hydroxylation is 2. The molecule has 0 spiro atoms. The molecule has 5 heteroatoms. The van der Waals surface area contributed by atoms with Gasteiger partial charge in [0.15, 0.2) is 0 Å². The lowest BCUT2D eigenvalue weighted by Crippen LogP contribution is -2.38. The molecule has 0 bridgehead atoms. The molecule has 2 heterocycles. The predicted octanol–water partition coefficient (Wildman–Crippen LogP) is 3.14. The Hall–Kier alpha value is -0.390. The van der Waals surface area contributed by atoms with E-state index >= 15 is 0 Å². The minimum Gasteiger partial charge on any atom is -0.299 e. The van der Waals surface area contributed by atoms with Gasteiger partial charge in [0.25, 0.3) is 0 Å². The van der Waals surface area contributed by atoms with Crippen LogP contribution in [0, 0.1) is 0 Å². The first-order valence-corrected chi connectivity index (χ1v) is 9.06. The molecule has 0 aliphatic carbocycles. The summed E-state index contributed by atoms with van der Waals surface area (Å²) < 4.78 is 3.35. The third kappa shape index (κ3) is 3.88. The summed E-state index contributed by atoms with van der Waals surface area (Å²) in [6.45, 7) is 12.1. The molecule has 120 valence electrons. The van der Waals surface area contributed by atoms with Crippen molar-refractivity contribution in [1.29, 1.82) is 0 Å². The van der Waals surface area contributed by atoms with E-state index in [0.717, 1.165) is 32.1 Å². The van der Waals surface area contributed by atoms with E-state index in [1.807, 2.05) is 0 Å². The quantitative estimate of drug-likeness (QED) is 0.749. The van der Waals surface area contributed by atoms with Crippen LogP contribution >= 0.6 is 15.9 Å². The van der Waals surface area contributed by atoms with Crippen LogP contribution in [-0.4, -0.2) is 52.3 Å². The first-order valence-electron chi connectivity index (χ1n) is 8.27. The lowest BCUT2D eigenvalue weighted by molar-refractivity contribution is 0.192. The van der Waals surface area contributed by atoms with Gasteiger partial charge in [0.05, 0.1) is 15.9 Å². The molecular formula is C16H29BrN4. The van der Waals surface area contributed by atoms with Crippen molar-refractivity contribution >= 4 is 15.9 Å². The molecule has 1 fully saturated rings. The van der Waals surface area contributed by atoms with Crippen LogP contribution in [-0.2, 0) is 19.5 Å². The minimum atomic E-state index is 0.724. The number of halogens is 1. The highest BCUT2D eigenvalue weighted by Gasteiger charge is 2.25. The van der Waals surface area contributed by atoms with Crippen molar-refractivity contribution in [2.45, 2.75) is 59.2 Å². The first-order chi connectivity index (χ1) is 10.1. The molecule has 0 radical (unpaired) electrons. The first kappa shape index (κ1) is 17.0. The Bertz CT molecular complexity index is 457. The molecule has 0 aromatic carbocycles. The lowest BCUT2D eigenvalue weighted by Gasteiger charge is -2.27. The zero-order valence-corrected chi connectivity index (χ0v) is 15.5. The maximum absolute atomic E-state index is 4.70. The van der Waals surface area contributed by atoms with Gasteiger partial charge in [0, 0.05) is 25.7 Å². The third-order valence-corrected chi connectivity index (χ3v) is 5.46. The topological polar surface area (TPSA) is 24.3 Å². The summed E-state index contributed by atoms with van der Waals surface area (Å²) in [5.41, 5.74) is 2.49. The molecule has 0 N–H and O–H groups in total. The second-order valence-corrected chi connectivity index (χ2v) is 6.79. The van der Waals surface area contributed by atoms with Crippen molar-refractivity contribution in [3.63, 3.8) is 0 Å². The standard InChI is InChI=1S/C16H29BrN4/c1-5-14-16(17)15(21(7-3)18-14)12-19(4)11-13-9-8-10-20(13)6-2/h13H,5-12H2,1-4H3. The van der Waals surface area contributed by atoms with Crippen molar-refractivity contribution in [1.82, 2.24) is 19.6 Å². The highest BCUT2D eigenvalue weighted by atomic mass is 79.9. The van der Waals surface area contributed by atoms with E-state index in [-0.39, 0.29) is 0 Å². The van der Waals surface area contributed by atoms with Crippen LogP contribution < -0.4 is 0 Å². The van der Waals surface area contributed by atoms with Gasteiger partial charge in [-0.15, -0.1) is 0 Å². The monoisotopic (exact) mass is 356 g/mol. The van der Waals surface area contributed by atoms with Gasteiger partial charge in [0.2, 0.25) is 0 Å². The van der Waals surface area contributed by atoms with Crippen LogP contribution in [0.4, 0.5) is 0 Å². The van der Waals surface area contributed by atoms with E-state index in [1.54, 1.807) is 0 Å². The van der Waals surface area contributed by atoms with Gasteiger partial charge < -0.3 is 0 Å². The summed E-state index contributed by atoms with van der Waals surface area (Å²) in [7, 11) is 2.23. The van der Waals surface area contributed by atoms with Gasteiger partial charge in [-0.2, -0.15) is 5.10 Å². The Morgan fingerprint density at radius 3 is 2.67 bits per heavy atom. The van der Waals surface area contributed by atoms with E-state index in [4.69, 9.17) is 5.10 Å². The molecule has 0 amide bonds. The van der Waals surface area contributed by atoms with E-state index in [2.05, 4.69) is 58.2 Å². The molecule has 1 aromatic rings. The molecule has 0 saturated carbocycles. The Labute approximate surface area is 137 Å². The van der Waals surface area contributed by atoms with Crippen molar-refractivity contribution in [2.75, 3.05) is 26.7 Å². The number of aromatic nitrogens is 2. The number of nitrogens with zero attached hydrogens (tertiary/aromatic N) is 4. The zero-order valence-electron chi connectivity index (χ0n) is 13.9. The van der Waals surface area contributed by atoms with Crippen molar-refractivity contribution in [2.24, 2.45) is 0 Å². The number of hydrogen-bond acceptors (Lipinski definition) is 3. The van der Waals surface area contributed by atoms with Crippen molar-refractivity contribution < 1.29 is 0 Å². The van der Waals surface area contributed by atoms with Gasteiger partial charge in [-0.05, 0) is 62.3 Å². The van der Waals surface area contributed by atoms with Gasteiger partial charge in [-0.1, -0.05) is 13.8 Å². The Morgan fingerprint density at radius 2 is 2.05 bits per heavy atom. The summed E-state index contributed by atoms with van der Waals surface area (Å²) >= 11 is 3.75. The van der Waals surface area contributed by atoms with Crippen molar-refractivity contribution in [3.8, 4) is 0 Å². The van der Waals surface area contributed by atoms with E-state index < -0.39 is 0 Å². The van der Waals surface area contributed by atoms with Gasteiger partial charge in [-0.3, -0.25) is 14.5 Å². The van der Waals surface area contributed by atoms with Gasteiger partial charge >= 0.3 is 0 Å². The smallest absolute Gasteiger partial charge is 0.0767 e. The summed E-state index contributed by atoms with van der Waals surface area (Å²) in [6, 6.07) is 0.724. The maximum Gasteiger partial charge on any atom is 0.0767 e. The fraction of sp³-hybridized carbons (Fsp3) is 0.812. The third-order valence-electron chi connectivity index (χ3n) is 4.54. The zero-order chi connectivity index (χ0) is 15.4. The average molecular weight is 357 g/mol. The molecule has 1 aliphatic heterocycles. The SMILES string of the molecule is CCc1nn(CC)c(CN(C)CC2CCCN2CC)c1Br. The van der Waals surface area contributed by atoms with Crippen LogP contribution in [0.1, 0.15) is 45.0 Å². The Kier molecular flexibility index (Phi) is 6.26. The Balaban J connectivity index is 2.02.